The second kappa shape index (κ2) is 7.90. The number of benzene rings is 1. The maximum Gasteiger partial charge on any atom is 0.325 e. The van der Waals surface area contributed by atoms with Gasteiger partial charge in [0, 0.05) is 0 Å². The van der Waals surface area contributed by atoms with Crippen LogP contribution >= 0.6 is 0 Å². The average Bonchev–Trinajstić information content (AvgIpc) is 2.51. The monoisotopic (exact) mass is 279 g/mol. The van der Waals surface area contributed by atoms with Crippen molar-refractivity contribution >= 4 is 5.97 Å². The Labute approximate surface area is 121 Å². The first-order valence-corrected chi connectivity index (χ1v) is 7.04. The molecule has 0 radical (unpaired) electrons. The number of methoxy groups -OCH3 is 1. The Kier molecular flexibility index (Phi) is 6.52. The lowest BCUT2D eigenvalue weighted by atomic mass is 9.96. The van der Waals surface area contributed by atoms with Crippen LogP contribution in [0.25, 0.3) is 0 Å². The second-order valence-electron chi connectivity index (χ2n) is 5.02. The topological polar surface area (TPSA) is 47.6 Å². The Morgan fingerprint density at radius 1 is 1.30 bits per heavy atom. The number of rotatable bonds is 8. The van der Waals surface area contributed by atoms with E-state index in [9.17, 15) is 4.79 Å². The molecule has 0 aliphatic heterocycles. The summed E-state index contributed by atoms with van der Waals surface area (Å²) in [5, 5.41) is 3.01. The number of nitrogens with one attached hydrogen (secondary N) is 1. The highest BCUT2D eigenvalue weighted by atomic mass is 16.5. The molecule has 1 aromatic carbocycles. The summed E-state index contributed by atoms with van der Waals surface area (Å²) in [6.07, 6.45) is 2.48. The van der Waals surface area contributed by atoms with E-state index >= 15 is 0 Å². The molecule has 1 rings (SSSR count). The summed E-state index contributed by atoms with van der Waals surface area (Å²) in [7, 11) is 3.17. The van der Waals surface area contributed by atoms with Crippen LogP contribution in [-0.2, 0) is 16.0 Å². The Morgan fingerprint density at radius 2 is 1.95 bits per heavy atom. The highest BCUT2D eigenvalue weighted by Gasteiger charge is 2.31. The predicted octanol–water partition coefficient (Wildman–Crippen LogP) is 2.56. The largest absolute Gasteiger partial charge is 0.494 e. The number of ether oxygens (including phenoxy) is 2. The molecule has 0 heterocycles. The first kappa shape index (κ1) is 16.5. The van der Waals surface area contributed by atoms with Crippen LogP contribution < -0.4 is 10.1 Å². The van der Waals surface area contributed by atoms with E-state index in [0.29, 0.717) is 13.0 Å². The number of esters is 1. The quantitative estimate of drug-likeness (QED) is 0.587. The Balaban J connectivity index is 2.38. The van der Waals surface area contributed by atoms with E-state index in [4.69, 9.17) is 9.47 Å². The van der Waals surface area contributed by atoms with Crippen molar-refractivity contribution in [1.82, 2.24) is 5.32 Å². The van der Waals surface area contributed by atoms with Gasteiger partial charge in [0.2, 0.25) is 0 Å². The average molecular weight is 279 g/mol. The van der Waals surface area contributed by atoms with E-state index in [2.05, 4.69) is 24.4 Å². The highest BCUT2D eigenvalue weighted by molar-refractivity contribution is 5.80. The summed E-state index contributed by atoms with van der Waals surface area (Å²) < 4.78 is 10.5. The fraction of sp³-hybridized carbons (Fsp3) is 0.562. The minimum Gasteiger partial charge on any atom is -0.494 e. The normalized spacial score (nSPS) is 13.6. The summed E-state index contributed by atoms with van der Waals surface area (Å²) in [5.74, 6) is 0.624. The van der Waals surface area contributed by atoms with Crippen molar-refractivity contribution in [3.05, 3.63) is 29.8 Å². The molecular formula is C16H25NO3. The van der Waals surface area contributed by atoms with Gasteiger partial charge in [-0.2, -0.15) is 0 Å². The minimum absolute atomic E-state index is 0.243. The molecule has 0 amide bonds. The molecule has 0 fully saturated rings. The van der Waals surface area contributed by atoms with E-state index in [1.165, 1.54) is 12.7 Å². The van der Waals surface area contributed by atoms with Crippen LogP contribution in [-0.4, -0.2) is 32.3 Å². The lowest BCUT2D eigenvalue weighted by molar-refractivity contribution is -0.148. The molecule has 0 aliphatic rings. The van der Waals surface area contributed by atoms with Crippen molar-refractivity contribution in [3.63, 3.8) is 0 Å². The van der Waals surface area contributed by atoms with E-state index in [1.54, 1.807) is 7.05 Å². The molecule has 112 valence electrons. The van der Waals surface area contributed by atoms with Crippen molar-refractivity contribution in [3.8, 4) is 5.75 Å². The molecular weight excluding hydrogens is 254 g/mol. The first-order chi connectivity index (χ1) is 9.55. The van der Waals surface area contributed by atoms with Crippen LogP contribution in [0, 0.1) is 0 Å². The molecule has 0 aliphatic carbocycles. The molecule has 0 spiro atoms. The summed E-state index contributed by atoms with van der Waals surface area (Å²) in [5.41, 5.74) is 0.648. The zero-order valence-corrected chi connectivity index (χ0v) is 12.9. The van der Waals surface area contributed by atoms with Gasteiger partial charge in [0.05, 0.1) is 13.7 Å². The van der Waals surface area contributed by atoms with Crippen LogP contribution in [0.5, 0.6) is 5.75 Å². The third kappa shape index (κ3) is 4.53. The van der Waals surface area contributed by atoms with Crippen LogP contribution in [0.1, 0.15) is 32.3 Å². The second-order valence-corrected chi connectivity index (χ2v) is 5.02. The fourth-order valence-corrected chi connectivity index (χ4v) is 1.99. The van der Waals surface area contributed by atoms with Gasteiger partial charge in [-0.3, -0.25) is 4.79 Å². The third-order valence-corrected chi connectivity index (χ3v) is 3.61. The Hall–Kier alpha value is -1.55. The van der Waals surface area contributed by atoms with Crippen LogP contribution in [0.15, 0.2) is 24.3 Å². The predicted molar refractivity (Wildman–Crippen MR) is 80.0 cm³/mol. The van der Waals surface area contributed by atoms with E-state index < -0.39 is 5.54 Å². The van der Waals surface area contributed by atoms with E-state index in [-0.39, 0.29) is 5.97 Å². The van der Waals surface area contributed by atoms with Crippen molar-refractivity contribution in [1.29, 1.82) is 0 Å². The molecule has 1 unspecified atom stereocenters. The number of hydrogen-bond acceptors (Lipinski definition) is 4. The van der Waals surface area contributed by atoms with Gasteiger partial charge in [0.25, 0.3) is 0 Å². The third-order valence-electron chi connectivity index (χ3n) is 3.61. The number of carbonyl (C=O) groups excluding carboxylic acids is 1. The van der Waals surface area contributed by atoms with Gasteiger partial charge in [-0.15, -0.1) is 0 Å². The Bertz CT molecular complexity index is 416. The summed E-state index contributed by atoms with van der Waals surface area (Å²) in [6.45, 7) is 4.55. The zero-order chi connectivity index (χ0) is 15.0. The molecule has 1 N–H and O–H groups in total. The van der Waals surface area contributed by atoms with Crippen molar-refractivity contribution < 1.29 is 14.3 Å². The molecule has 0 saturated heterocycles. The molecule has 1 aromatic rings. The number of hydrogen-bond donors (Lipinski definition) is 1. The smallest absolute Gasteiger partial charge is 0.325 e. The molecule has 20 heavy (non-hydrogen) atoms. The molecule has 0 bridgehead atoms. The van der Waals surface area contributed by atoms with E-state index in [0.717, 1.165) is 18.6 Å². The van der Waals surface area contributed by atoms with Crippen molar-refractivity contribution in [2.24, 2.45) is 0 Å². The molecule has 4 nitrogen and oxygen atoms in total. The molecule has 4 heteroatoms. The maximum absolute atomic E-state index is 11.7. The Morgan fingerprint density at radius 3 is 2.45 bits per heavy atom. The van der Waals surface area contributed by atoms with Crippen molar-refractivity contribution in [2.45, 2.75) is 38.6 Å². The fourth-order valence-electron chi connectivity index (χ4n) is 1.99. The van der Waals surface area contributed by atoms with Gasteiger partial charge in [-0.25, -0.2) is 0 Å². The summed E-state index contributed by atoms with van der Waals surface area (Å²) in [4.78, 5) is 11.7. The van der Waals surface area contributed by atoms with E-state index in [1.807, 2.05) is 19.1 Å². The van der Waals surface area contributed by atoms with Crippen LogP contribution in [0.2, 0.25) is 0 Å². The summed E-state index contributed by atoms with van der Waals surface area (Å²) in [6, 6.07) is 8.11. The number of aryl methyl sites for hydroxylation is 1. The zero-order valence-electron chi connectivity index (χ0n) is 12.9. The van der Waals surface area contributed by atoms with Gasteiger partial charge in [-0.1, -0.05) is 19.1 Å². The van der Waals surface area contributed by atoms with Gasteiger partial charge in [0.15, 0.2) is 0 Å². The number of likely N-dealkylation sites (N-methyl/N-ethyl adjacent to an activating group) is 1. The van der Waals surface area contributed by atoms with Crippen molar-refractivity contribution in [2.75, 3.05) is 20.8 Å². The highest BCUT2D eigenvalue weighted by Crippen LogP contribution is 2.16. The standard InChI is InChI=1S/C16H25NO3/c1-5-13-7-9-14(10-8-13)20-12-6-11-16(2,17-3)15(18)19-4/h7-10,17H,5-6,11-12H2,1-4H3. The minimum atomic E-state index is -0.649. The van der Waals surface area contributed by atoms with Gasteiger partial charge in [-0.05, 0) is 50.9 Å². The lowest BCUT2D eigenvalue weighted by Crippen LogP contribution is -2.48. The molecule has 1 atom stereocenters. The number of carbonyl (C=O) groups is 1. The molecule has 0 aromatic heterocycles. The summed E-state index contributed by atoms with van der Waals surface area (Å²) >= 11 is 0. The molecule has 0 saturated carbocycles. The van der Waals surface area contributed by atoms with Gasteiger partial charge >= 0.3 is 5.97 Å². The van der Waals surface area contributed by atoms with Gasteiger partial charge < -0.3 is 14.8 Å². The van der Waals surface area contributed by atoms with Gasteiger partial charge in [0.1, 0.15) is 11.3 Å². The maximum atomic E-state index is 11.7. The van der Waals surface area contributed by atoms with Crippen LogP contribution in [0.4, 0.5) is 0 Å². The first-order valence-electron chi connectivity index (χ1n) is 7.04. The van der Waals surface area contributed by atoms with Crippen LogP contribution in [0.3, 0.4) is 0 Å². The lowest BCUT2D eigenvalue weighted by Gasteiger charge is -2.25. The SMILES string of the molecule is CCc1ccc(OCCCC(C)(NC)C(=O)OC)cc1.